The summed E-state index contributed by atoms with van der Waals surface area (Å²) in [5.74, 6) is -3.28. The lowest BCUT2D eigenvalue weighted by atomic mass is 10.1. The fourth-order valence-corrected chi connectivity index (χ4v) is 9.24. The molecule has 1 aliphatic rings. The number of sulfonamides is 1. The van der Waals surface area contributed by atoms with Crippen molar-refractivity contribution in [1.82, 2.24) is 14.9 Å². The third-order valence-corrected chi connectivity index (χ3v) is 12.1. The van der Waals surface area contributed by atoms with Gasteiger partial charge in [-0.25, -0.2) is 8.42 Å². The molecule has 3 amide bonds. The van der Waals surface area contributed by atoms with Crippen molar-refractivity contribution in [1.29, 1.82) is 0 Å². The van der Waals surface area contributed by atoms with Gasteiger partial charge >= 0.3 is 14.8 Å². The van der Waals surface area contributed by atoms with Crippen molar-refractivity contribution in [2.45, 2.75) is 48.9 Å². The molecule has 2 aromatic carbocycles. The van der Waals surface area contributed by atoms with Crippen LogP contribution in [0.15, 0.2) is 41.3 Å². The van der Waals surface area contributed by atoms with Gasteiger partial charge in [-0.05, 0) is 26.0 Å². The Morgan fingerprint density at radius 3 is 2.38 bits per heavy atom. The molecule has 0 aliphatic carbocycles. The SMILES string of the molecule is CCO[Si](O)(CCNC(=O)CCN1C(=O)CC(SC[C@H](NS(=O)(=O)c2cccc3c(N(C)C)cccc23)C(=O)O)C1=O)OCC. The van der Waals surface area contributed by atoms with Gasteiger partial charge in [-0.1, -0.05) is 24.3 Å². The van der Waals surface area contributed by atoms with E-state index in [0.717, 1.165) is 22.3 Å². The minimum atomic E-state index is -4.29. The molecule has 0 aromatic heterocycles. The monoisotopic (exact) mass is 684 g/mol. The standard InChI is InChI=1S/C28H40N4O10S2Si/c1-5-41-45(40,42-6-2)16-14-29-25(33)13-15-32-26(34)17-23(27(32)35)43-18-21(28(36)37)30-44(38,39)24-12-8-9-19-20(24)10-7-11-22(19)31(3)4/h7-12,21,23,30,40H,5-6,13-18H2,1-4H3,(H,29,33)(H,36,37)/t21-,23?/m0/s1. The van der Waals surface area contributed by atoms with E-state index >= 15 is 0 Å². The predicted octanol–water partition coefficient (Wildman–Crippen LogP) is 1.01. The Bertz CT molecular complexity index is 1500. The van der Waals surface area contributed by atoms with Gasteiger partial charge in [0, 0.05) is 81.5 Å². The molecule has 248 valence electrons. The fraction of sp³-hybridized carbons (Fsp3) is 0.500. The third kappa shape index (κ3) is 9.47. The van der Waals surface area contributed by atoms with E-state index < -0.39 is 53.8 Å². The Kier molecular flexibility index (Phi) is 12.9. The Hall–Kier alpha value is -3.06. The molecule has 1 fully saturated rings. The highest BCUT2D eigenvalue weighted by Gasteiger charge is 2.40. The molecule has 3 rings (SSSR count). The topological polar surface area (TPSA) is 192 Å². The van der Waals surface area contributed by atoms with E-state index in [9.17, 15) is 37.5 Å². The van der Waals surface area contributed by atoms with Crippen LogP contribution in [0.2, 0.25) is 6.04 Å². The Balaban J connectivity index is 1.58. The summed E-state index contributed by atoms with van der Waals surface area (Å²) in [6, 6.07) is 8.47. The lowest BCUT2D eigenvalue weighted by molar-refractivity contribution is -0.140. The number of anilines is 1. The number of carbonyl (C=O) groups excluding carboxylic acids is 3. The number of carbonyl (C=O) groups is 4. The van der Waals surface area contributed by atoms with Crippen LogP contribution in [0.25, 0.3) is 10.8 Å². The van der Waals surface area contributed by atoms with Crippen LogP contribution >= 0.6 is 11.8 Å². The Morgan fingerprint density at radius 2 is 1.76 bits per heavy atom. The van der Waals surface area contributed by atoms with E-state index in [-0.39, 0.29) is 55.8 Å². The average Bonchev–Trinajstić information content (AvgIpc) is 3.24. The van der Waals surface area contributed by atoms with Gasteiger partial charge in [0.25, 0.3) is 0 Å². The Morgan fingerprint density at radius 1 is 1.11 bits per heavy atom. The highest BCUT2D eigenvalue weighted by Crippen LogP contribution is 2.31. The zero-order chi connectivity index (χ0) is 33.4. The quantitative estimate of drug-likeness (QED) is 0.129. The summed E-state index contributed by atoms with van der Waals surface area (Å²) in [4.78, 5) is 63.0. The summed E-state index contributed by atoms with van der Waals surface area (Å²) in [5.41, 5.74) is 0.790. The predicted molar refractivity (Wildman–Crippen MR) is 171 cm³/mol. The van der Waals surface area contributed by atoms with Crippen LogP contribution < -0.4 is 14.9 Å². The number of benzene rings is 2. The highest BCUT2D eigenvalue weighted by molar-refractivity contribution is 8.00. The number of nitrogens with zero attached hydrogens (tertiary/aromatic N) is 2. The van der Waals surface area contributed by atoms with E-state index in [1.54, 1.807) is 38.1 Å². The van der Waals surface area contributed by atoms with Crippen LogP contribution in [-0.4, -0.2) is 113 Å². The number of amides is 3. The minimum absolute atomic E-state index is 0.0840. The maximum absolute atomic E-state index is 13.4. The number of carboxylic acids is 1. The summed E-state index contributed by atoms with van der Waals surface area (Å²) in [7, 11) is -4.04. The zero-order valence-electron chi connectivity index (χ0n) is 25.6. The summed E-state index contributed by atoms with van der Waals surface area (Å²) in [6.45, 7) is 3.87. The van der Waals surface area contributed by atoms with Gasteiger partial charge in [0.1, 0.15) is 6.04 Å². The summed E-state index contributed by atoms with van der Waals surface area (Å²) < 4.78 is 39.6. The van der Waals surface area contributed by atoms with Gasteiger partial charge in [-0.3, -0.25) is 24.1 Å². The molecule has 0 saturated carbocycles. The first-order chi connectivity index (χ1) is 21.2. The van der Waals surface area contributed by atoms with Crippen LogP contribution in [0.3, 0.4) is 0 Å². The van der Waals surface area contributed by atoms with Crippen LogP contribution in [0.1, 0.15) is 26.7 Å². The molecule has 14 nitrogen and oxygen atoms in total. The number of thioether (sulfide) groups is 1. The highest BCUT2D eigenvalue weighted by atomic mass is 32.2. The number of hydrogen-bond acceptors (Lipinski definition) is 11. The molecule has 0 radical (unpaired) electrons. The first-order valence-corrected chi connectivity index (χ1v) is 18.9. The number of imide groups is 1. The second kappa shape index (κ2) is 16.0. The second-order valence-corrected chi connectivity index (χ2v) is 15.8. The molecule has 1 saturated heterocycles. The van der Waals surface area contributed by atoms with Gasteiger partial charge in [0.15, 0.2) is 0 Å². The minimum Gasteiger partial charge on any atom is -0.480 e. The normalized spacial score (nSPS) is 16.3. The molecule has 0 spiro atoms. The number of fused-ring (bicyclic) bond motifs is 1. The van der Waals surface area contributed by atoms with Crippen LogP contribution in [-0.2, 0) is 38.1 Å². The first kappa shape index (κ1) is 36.4. The second-order valence-electron chi connectivity index (χ2n) is 10.4. The van der Waals surface area contributed by atoms with Crippen molar-refractivity contribution in [2.24, 2.45) is 0 Å². The van der Waals surface area contributed by atoms with Crippen LogP contribution in [0.5, 0.6) is 0 Å². The molecular formula is C28H40N4O10S2Si. The number of carboxylic acid groups (broad SMARTS) is 1. The van der Waals surface area contributed by atoms with E-state index in [2.05, 4.69) is 10.0 Å². The van der Waals surface area contributed by atoms with Crippen molar-refractivity contribution >= 4 is 70.7 Å². The molecule has 45 heavy (non-hydrogen) atoms. The molecular weight excluding hydrogens is 645 g/mol. The smallest absolute Gasteiger partial charge is 0.480 e. The maximum Gasteiger partial charge on any atom is 0.500 e. The van der Waals surface area contributed by atoms with Gasteiger partial charge in [0.2, 0.25) is 27.7 Å². The van der Waals surface area contributed by atoms with Crippen molar-refractivity contribution in [3.63, 3.8) is 0 Å². The maximum atomic E-state index is 13.4. The number of likely N-dealkylation sites (tertiary alicyclic amines) is 1. The van der Waals surface area contributed by atoms with Gasteiger partial charge in [0.05, 0.1) is 10.1 Å². The molecule has 1 heterocycles. The molecule has 1 unspecified atom stereocenters. The van der Waals surface area contributed by atoms with Crippen LogP contribution in [0.4, 0.5) is 5.69 Å². The molecule has 2 atom stereocenters. The third-order valence-electron chi connectivity index (χ3n) is 6.96. The van der Waals surface area contributed by atoms with Crippen LogP contribution in [0, 0.1) is 0 Å². The number of aliphatic carboxylic acids is 1. The lowest BCUT2D eigenvalue weighted by Gasteiger charge is -2.23. The van der Waals surface area contributed by atoms with E-state index in [4.69, 9.17) is 8.85 Å². The first-order valence-electron chi connectivity index (χ1n) is 14.4. The molecule has 17 heteroatoms. The largest absolute Gasteiger partial charge is 0.500 e. The van der Waals surface area contributed by atoms with Gasteiger partial charge in [-0.2, -0.15) is 4.72 Å². The van der Waals surface area contributed by atoms with E-state index in [1.165, 1.54) is 6.07 Å². The fourth-order valence-electron chi connectivity index (χ4n) is 4.82. The van der Waals surface area contributed by atoms with Gasteiger partial charge in [-0.15, -0.1) is 11.8 Å². The molecule has 4 N–H and O–H groups in total. The van der Waals surface area contributed by atoms with Crippen molar-refractivity contribution in [3.8, 4) is 0 Å². The van der Waals surface area contributed by atoms with Crippen molar-refractivity contribution < 1.29 is 46.4 Å². The van der Waals surface area contributed by atoms with Crippen molar-refractivity contribution in [3.05, 3.63) is 36.4 Å². The zero-order valence-corrected chi connectivity index (χ0v) is 28.3. The molecule has 1 aliphatic heterocycles. The molecule has 0 bridgehead atoms. The van der Waals surface area contributed by atoms with E-state index in [0.29, 0.717) is 10.8 Å². The van der Waals surface area contributed by atoms with Gasteiger partial charge < -0.3 is 29.0 Å². The summed E-state index contributed by atoms with van der Waals surface area (Å²) >= 11 is 0.864. The van der Waals surface area contributed by atoms with E-state index in [1.807, 2.05) is 25.1 Å². The number of nitrogens with one attached hydrogen (secondary N) is 2. The number of hydrogen-bond donors (Lipinski definition) is 4. The Labute approximate surface area is 267 Å². The molecule has 2 aromatic rings. The average molecular weight is 685 g/mol. The summed E-state index contributed by atoms with van der Waals surface area (Å²) in [5, 5.41) is 12.6. The number of rotatable bonds is 18. The summed E-state index contributed by atoms with van der Waals surface area (Å²) in [6.07, 6.45) is -0.377. The van der Waals surface area contributed by atoms with Crippen molar-refractivity contribution in [2.75, 3.05) is 51.1 Å². The lowest BCUT2D eigenvalue weighted by Crippen LogP contribution is -2.45.